The van der Waals surface area contributed by atoms with Crippen molar-refractivity contribution >= 4 is 66.3 Å². The van der Waals surface area contributed by atoms with Crippen LogP contribution in [-0.2, 0) is 20.1 Å². The van der Waals surface area contributed by atoms with Gasteiger partial charge in [-0.15, -0.1) is 16.1 Å². The smallest absolute Gasteiger partial charge is 0.318 e. The second-order valence-corrected chi connectivity index (χ2v) is 12.6. The maximum Gasteiger partial charge on any atom is 3.00 e. The van der Waals surface area contributed by atoms with Crippen LogP contribution in [0.3, 0.4) is 0 Å². The zero-order chi connectivity index (χ0) is 30.3. The number of pyridine rings is 3. The van der Waals surface area contributed by atoms with Crippen LogP contribution in [0.4, 0.5) is 0 Å². The summed E-state index contributed by atoms with van der Waals surface area (Å²) in [6, 6.07) is 46.4. The molecule has 0 fully saturated rings. The Balaban J connectivity index is 0.000000120. The van der Waals surface area contributed by atoms with Crippen LogP contribution in [0.1, 0.15) is 0 Å². The molecule has 6 heterocycles. The summed E-state index contributed by atoms with van der Waals surface area (Å²) in [6.07, 6.45) is 5.56. The first-order chi connectivity index (χ1) is 22.3. The number of fused-ring (bicyclic) bond motifs is 3. The Labute approximate surface area is 293 Å². The van der Waals surface area contributed by atoms with Crippen molar-refractivity contribution < 1.29 is 20.1 Å². The van der Waals surface area contributed by atoms with E-state index in [1.807, 2.05) is 108 Å². The standard InChI is InChI=1S/3C13H8NS.Ir/c3*1-2-5-11-10(4-1)7-8-14-13(11)12-6-3-9-15-12;/h3*1-5,7-9H;/q3*-1;+3. The van der Waals surface area contributed by atoms with Crippen molar-refractivity contribution in [3.8, 4) is 31.7 Å². The van der Waals surface area contributed by atoms with Crippen LogP contribution in [0.25, 0.3) is 64.0 Å². The van der Waals surface area contributed by atoms with Crippen molar-refractivity contribution in [2.45, 2.75) is 0 Å². The van der Waals surface area contributed by atoms with Crippen LogP contribution in [0.5, 0.6) is 0 Å². The second kappa shape index (κ2) is 15.3. The minimum absolute atomic E-state index is 0. The molecule has 6 aromatic heterocycles. The van der Waals surface area contributed by atoms with E-state index in [4.69, 9.17) is 0 Å². The molecule has 0 unspecified atom stereocenters. The van der Waals surface area contributed by atoms with Crippen molar-refractivity contribution in [2.75, 3.05) is 0 Å². The molecule has 0 saturated carbocycles. The third-order valence-electron chi connectivity index (χ3n) is 7.07. The van der Waals surface area contributed by atoms with E-state index in [9.17, 15) is 0 Å². The van der Waals surface area contributed by atoms with Crippen molar-refractivity contribution in [3.05, 3.63) is 162 Å². The van der Waals surface area contributed by atoms with Crippen LogP contribution in [0.2, 0.25) is 0 Å². The normalized spacial score (nSPS) is 10.4. The first kappa shape index (κ1) is 31.6. The molecule has 0 amide bonds. The van der Waals surface area contributed by atoms with Gasteiger partial charge in [0.2, 0.25) is 0 Å². The van der Waals surface area contributed by atoms with Crippen LogP contribution in [-0.4, -0.2) is 15.0 Å². The molecule has 0 aliphatic heterocycles. The van der Waals surface area contributed by atoms with Gasteiger partial charge in [-0.2, -0.15) is 36.4 Å². The molecule has 3 nitrogen and oxygen atoms in total. The van der Waals surface area contributed by atoms with Crippen molar-refractivity contribution in [3.63, 3.8) is 0 Å². The number of hydrogen-bond donors (Lipinski definition) is 0. The van der Waals surface area contributed by atoms with Gasteiger partial charge in [-0.25, -0.2) is 34.0 Å². The Morgan fingerprint density at radius 1 is 0.391 bits per heavy atom. The molecule has 0 N–H and O–H groups in total. The molecule has 9 aromatic rings. The fourth-order valence-electron chi connectivity index (χ4n) is 5.01. The number of nitrogens with zero attached hydrogens (tertiary/aromatic N) is 3. The summed E-state index contributed by atoms with van der Waals surface area (Å²) < 4.78 is 0. The SMILES string of the molecule is [Ir+3].[c-]1ccsc1-c1nccc2ccccc12.[c-]1ccsc1-c1nccc2ccccc12.[c-]1ccsc1-c1nccc2ccccc12. The molecule has 0 saturated heterocycles. The van der Waals surface area contributed by atoms with Crippen molar-refractivity contribution in [1.82, 2.24) is 15.0 Å². The van der Waals surface area contributed by atoms with Crippen LogP contribution >= 0.6 is 34.0 Å². The van der Waals surface area contributed by atoms with Crippen LogP contribution in [0.15, 0.2) is 144 Å². The second-order valence-electron chi connectivity index (χ2n) is 9.82. The predicted molar refractivity (Wildman–Crippen MR) is 192 cm³/mol. The quantitative estimate of drug-likeness (QED) is 0.167. The minimum Gasteiger partial charge on any atom is -0.318 e. The summed E-state index contributed by atoms with van der Waals surface area (Å²) in [5.74, 6) is 0. The Morgan fingerprint density at radius 3 is 0.978 bits per heavy atom. The van der Waals surface area contributed by atoms with E-state index in [2.05, 4.69) is 69.5 Å². The van der Waals surface area contributed by atoms with Gasteiger partial charge in [-0.05, 0) is 67.6 Å². The fourth-order valence-corrected chi connectivity index (χ4v) is 7.06. The predicted octanol–water partition coefficient (Wildman–Crippen LogP) is 11.3. The molecule has 7 heteroatoms. The van der Waals surface area contributed by atoms with Gasteiger partial charge in [0.25, 0.3) is 0 Å². The molecule has 0 bridgehead atoms. The van der Waals surface area contributed by atoms with Gasteiger partial charge in [0.15, 0.2) is 0 Å². The molecule has 46 heavy (non-hydrogen) atoms. The maximum atomic E-state index is 4.43. The fraction of sp³-hybridized carbons (Fsp3) is 0. The van der Waals surface area contributed by atoms with Crippen molar-refractivity contribution in [1.29, 1.82) is 0 Å². The van der Waals surface area contributed by atoms with E-state index in [0.717, 1.165) is 31.7 Å². The first-order valence-corrected chi connectivity index (χ1v) is 16.9. The molecule has 0 aliphatic rings. The Bertz CT molecular complexity index is 2000. The molecule has 222 valence electrons. The molecule has 0 atom stereocenters. The van der Waals surface area contributed by atoms with E-state index in [1.165, 1.54) is 32.3 Å². The monoisotopic (exact) mass is 823 g/mol. The Hall–Kier alpha value is -4.36. The molecule has 0 radical (unpaired) electrons. The van der Waals surface area contributed by atoms with Gasteiger partial charge in [0.05, 0.1) is 0 Å². The van der Waals surface area contributed by atoms with E-state index >= 15 is 0 Å². The molecule has 0 aliphatic carbocycles. The summed E-state index contributed by atoms with van der Waals surface area (Å²) in [5.41, 5.74) is 3.09. The molecule has 9 rings (SSSR count). The number of rotatable bonds is 3. The van der Waals surface area contributed by atoms with Crippen LogP contribution < -0.4 is 0 Å². The molecule has 3 aromatic carbocycles. The van der Waals surface area contributed by atoms with Gasteiger partial charge in [0, 0.05) is 18.6 Å². The largest absolute Gasteiger partial charge is 3.00 e. The van der Waals surface area contributed by atoms with Crippen molar-refractivity contribution in [2.24, 2.45) is 0 Å². The number of benzene rings is 3. The van der Waals surface area contributed by atoms with E-state index < -0.39 is 0 Å². The zero-order valence-electron chi connectivity index (χ0n) is 24.3. The molecule has 0 spiro atoms. The number of thiophene rings is 3. The average Bonchev–Trinajstić information content (AvgIpc) is 3.93. The number of aromatic nitrogens is 3. The zero-order valence-corrected chi connectivity index (χ0v) is 29.1. The Morgan fingerprint density at radius 2 is 0.696 bits per heavy atom. The Kier molecular flexibility index (Phi) is 10.5. The minimum atomic E-state index is 0. The molecular weight excluding hydrogens is 799 g/mol. The topological polar surface area (TPSA) is 38.7 Å². The van der Waals surface area contributed by atoms with Gasteiger partial charge in [-0.1, -0.05) is 87.4 Å². The van der Waals surface area contributed by atoms with Gasteiger partial charge in [0.1, 0.15) is 0 Å². The summed E-state index contributed by atoms with van der Waals surface area (Å²) in [4.78, 5) is 16.6. The third kappa shape index (κ3) is 7.05. The first-order valence-electron chi connectivity index (χ1n) is 14.2. The summed E-state index contributed by atoms with van der Waals surface area (Å²) in [6.45, 7) is 0. The average molecular weight is 823 g/mol. The summed E-state index contributed by atoms with van der Waals surface area (Å²) >= 11 is 5.02. The third-order valence-corrected chi connectivity index (χ3v) is 9.53. The summed E-state index contributed by atoms with van der Waals surface area (Å²) in [5, 5.41) is 13.3. The molecular formula is C39H24IrN3S3. The van der Waals surface area contributed by atoms with Gasteiger partial charge >= 0.3 is 20.1 Å². The van der Waals surface area contributed by atoms with Crippen LogP contribution in [0, 0.1) is 18.2 Å². The van der Waals surface area contributed by atoms with E-state index in [-0.39, 0.29) is 20.1 Å². The summed E-state index contributed by atoms with van der Waals surface area (Å²) in [7, 11) is 0. The van der Waals surface area contributed by atoms with Gasteiger partial charge in [-0.3, -0.25) is 0 Å². The maximum absolute atomic E-state index is 4.43. The number of hydrogen-bond acceptors (Lipinski definition) is 6. The van der Waals surface area contributed by atoms with Gasteiger partial charge < -0.3 is 15.0 Å². The van der Waals surface area contributed by atoms with E-state index in [1.54, 1.807) is 34.0 Å². The van der Waals surface area contributed by atoms with E-state index in [0.29, 0.717) is 0 Å².